The lowest BCUT2D eigenvalue weighted by atomic mass is 10.0. The van der Waals surface area contributed by atoms with Gasteiger partial charge in [0.05, 0.1) is 0 Å². The molecule has 1 heterocycles. The van der Waals surface area contributed by atoms with Gasteiger partial charge in [-0.05, 0) is 30.5 Å². The summed E-state index contributed by atoms with van der Waals surface area (Å²) < 4.78 is 0. The lowest BCUT2D eigenvalue weighted by molar-refractivity contribution is 0.859. The molecule has 1 aromatic rings. The van der Waals surface area contributed by atoms with Gasteiger partial charge in [0.2, 0.25) is 0 Å². The molecule has 0 aliphatic rings. The fraction of sp³-hybridized carbons (Fsp3) is 0.444. The number of aryl methyl sites for hydroxylation is 1. The van der Waals surface area contributed by atoms with Gasteiger partial charge in [-0.15, -0.1) is 0 Å². The van der Waals surface area contributed by atoms with E-state index in [1.54, 1.807) is 0 Å². The van der Waals surface area contributed by atoms with E-state index in [-0.39, 0.29) is 0 Å². The summed E-state index contributed by atoms with van der Waals surface area (Å²) in [5, 5.41) is 0. The molecule has 1 heteroatoms. The van der Waals surface area contributed by atoms with Gasteiger partial charge in [0.15, 0.2) is 0 Å². The van der Waals surface area contributed by atoms with E-state index >= 15 is 0 Å². The van der Waals surface area contributed by atoms with Gasteiger partial charge in [-0.3, -0.25) is 4.98 Å². The van der Waals surface area contributed by atoms with E-state index in [9.17, 15) is 0 Å². The number of hydrogen-bond acceptors (Lipinski definition) is 1. The summed E-state index contributed by atoms with van der Waals surface area (Å²) in [6, 6.07) is 4.20. The molecule has 10 heavy (non-hydrogen) atoms. The Kier molecular flexibility index (Phi) is 2.05. The quantitative estimate of drug-likeness (QED) is 0.576. The topological polar surface area (TPSA) is 12.9 Å². The first-order chi connectivity index (χ1) is 4.70. The zero-order chi connectivity index (χ0) is 7.56. The summed E-state index contributed by atoms with van der Waals surface area (Å²) in [6.07, 6.45) is 1.87. The molecule has 54 valence electrons. The van der Waals surface area contributed by atoms with E-state index < -0.39 is 0 Å². The maximum Gasteiger partial charge on any atom is 0.0375 e. The van der Waals surface area contributed by atoms with E-state index in [4.69, 9.17) is 0 Å². The summed E-state index contributed by atoms with van der Waals surface area (Å²) in [4.78, 5) is 4.12. The Morgan fingerprint density at radius 1 is 1.40 bits per heavy atom. The summed E-state index contributed by atoms with van der Waals surface area (Å²) in [7, 11) is 0. The van der Waals surface area contributed by atoms with Crippen molar-refractivity contribution >= 4 is 0 Å². The summed E-state index contributed by atoms with van der Waals surface area (Å²) in [6.45, 7) is 6.40. The third-order valence-corrected chi connectivity index (χ3v) is 1.59. The van der Waals surface area contributed by atoms with E-state index in [0.29, 0.717) is 5.92 Å². The maximum absolute atomic E-state index is 4.12. The smallest absolute Gasteiger partial charge is 0.0375 e. The molecular weight excluding hydrogens is 122 g/mol. The van der Waals surface area contributed by atoms with Gasteiger partial charge in [-0.1, -0.05) is 13.8 Å². The van der Waals surface area contributed by atoms with Crippen molar-refractivity contribution in [3.63, 3.8) is 0 Å². The summed E-state index contributed by atoms with van der Waals surface area (Å²) in [5.41, 5.74) is 2.47. The van der Waals surface area contributed by atoms with Crippen molar-refractivity contribution in [1.29, 1.82) is 0 Å². The van der Waals surface area contributed by atoms with Gasteiger partial charge in [0.25, 0.3) is 0 Å². The molecule has 0 N–H and O–H groups in total. The van der Waals surface area contributed by atoms with Crippen LogP contribution in [0.25, 0.3) is 0 Å². The predicted molar refractivity (Wildman–Crippen MR) is 43.1 cm³/mol. The molecule has 0 radical (unpaired) electrons. The van der Waals surface area contributed by atoms with Gasteiger partial charge >= 0.3 is 0 Å². The molecule has 1 nitrogen and oxygen atoms in total. The number of pyridine rings is 1. The molecule has 1 rings (SSSR count). The average molecular weight is 135 g/mol. The van der Waals surface area contributed by atoms with Crippen LogP contribution in [-0.4, -0.2) is 4.98 Å². The van der Waals surface area contributed by atoms with E-state index in [2.05, 4.69) is 31.0 Å². The standard InChI is InChI=1S/C9H13N/c1-7(2)9-4-5-10-8(3)6-9/h4-7H,1-3H3. The monoisotopic (exact) mass is 135 g/mol. The zero-order valence-corrected chi connectivity index (χ0v) is 6.76. The number of rotatable bonds is 1. The predicted octanol–water partition coefficient (Wildman–Crippen LogP) is 2.51. The Bertz CT molecular complexity index is 216. The van der Waals surface area contributed by atoms with Crippen molar-refractivity contribution in [2.24, 2.45) is 0 Å². The molecule has 0 aliphatic heterocycles. The number of hydrogen-bond donors (Lipinski definition) is 0. The fourth-order valence-electron chi connectivity index (χ4n) is 0.927. The van der Waals surface area contributed by atoms with Crippen LogP contribution in [0.15, 0.2) is 18.3 Å². The second-order valence-corrected chi connectivity index (χ2v) is 2.89. The molecule has 0 aromatic carbocycles. The molecule has 0 fully saturated rings. The molecule has 0 saturated carbocycles. The van der Waals surface area contributed by atoms with Crippen molar-refractivity contribution in [1.82, 2.24) is 4.98 Å². The second-order valence-electron chi connectivity index (χ2n) is 2.89. The third kappa shape index (κ3) is 1.56. The zero-order valence-electron chi connectivity index (χ0n) is 6.76. The highest BCUT2D eigenvalue weighted by Gasteiger charge is 1.96. The highest BCUT2D eigenvalue weighted by molar-refractivity contribution is 5.18. The molecule has 1 aromatic heterocycles. The number of aromatic nitrogens is 1. The van der Waals surface area contributed by atoms with Crippen LogP contribution in [-0.2, 0) is 0 Å². The number of nitrogens with zero attached hydrogens (tertiary/aromatic N) is 1. The minimum Gasteiger partial charge on any atom is -0.262 e. The first kappa shape index (κ1) is 7.26. The molecule has 0 bridgehead atoms. The van der Waals surface area contributed by atoms with Crippen LogP contribution in [0.4, 0.5) is 0 Å². The minimum absolute atomic E-state index is 0.613. The van der Waals surface area contributed by atoms with Gasteiger partial charge in [-0.2, -0.15) is 0 Å². The third-order valence-electron chi connectivity index (χ3n) is 1.59. The van der Waals surface area contributed by atoms with Gasteiger partial charge in [0, 0.05) is 11.9 Å². The van der Waals surface area contributed by atoms with Crippen LogP contribution in [0.3, 0.4) is 0 Å². The summed E-state index contributed by atoms with van der Waals surface area (Å²) >= 11 is 0. The van der Waals surface area contributed by atoms with Crippen molar-refractivity contribution in [3.05, 3.63) is 29.6 Å². The lowest BCUT2D eigenvalue weighted by Crippen LogP contribution is -1.88. The minimum atomic E-state index is 0.613. The molecule has 0 saturated heterocycles. The molecule has 0 atom stereocenters. The molecule has 0 amide bonds. The van der Waals surface area contributed by atoms with Crippen molar-refractivity contribution < 1.29 is 0 Å². The lowest BCUT2D eigenvalue weighted by Gasteiger charge is -2.03. The van der Waals surface area contributed by atoms with Crippen LogP contribution >= 0.6 is 0 Å². The normalized spacial score (nSPS) is 10.4. The Labute approximate surface area is 62.1 Å². The van der Waals surface area contributed by atoms with Gasteiger partial charge in [-0.25, -0.2) is 0 Å². The van der Waals surface area contributed by atoms with Crippen LogP contribution in [0.1, 0.15) is 31.0 Å². The van der Waals surface area contributed by atoms with Crippen LogP contribution in [0, 0.1) is 6.92 Å². The highest BCUT2D eigenvalue weighted by Crippen LogP contribution is 2.12. The van der Waals surface area contributed by atoms with E-state index in [1.165, 1.54) is 5.56 Å². The molecular formula is C9H13N. The largest absolute Gasteiger partial charge is 0.262 e. The van der Waals surface area contributed by atoms with Crippen LogP contribution in [0.5, 0.6) is 0 Å². The van der Waals surface area contributed by atoms with E-state index in [1.807, 2.05) is 13.1 Å². The first-order valence-electron chi connectivity index (χ1n) is 3.62. The first-order valence-corrected chi connectivity index (χ1v) is 3.62. The van der Waals surface area contributed by atoms with Crippen molar-refractivity contribution in [2.75, 3.05) is 0 Å². The van der Waals surface area contributed by atoms with Crippen molar-refractivity contribution in [2.45, 2.75) is 26.7 Å². The average Bonchev–Trinajstić information content (AvgIpc) is 1.88. The van der Waals surface area contributed by atoms with Crippen LogP contribution < -0.4 is 0 Å². The Morgan fingerprint density at radius 3 is 2.50 bits per heavy atom. The summed E-state index contributed by atoms with van der Waals surface area (Å²) in [5.74, 6) is 0.613. The fourth-order valence-corrected chi connectivity index (χ4v) is 0.927. The molecule has 0 aliphatic carbocycles. The van der Waals surface area contributed by atoms with Crippen molar-refractivity contribution in [3.8, 4) is 0 Å². The SMILES string of the molecule is Cc1cc(C(C)C)ccn1. The second kappa shape index (κ2) is 2.82. The Hall–Kier alpha value is -0.850. The molecule has 0 unspecified atom stereocenters. The Morgan fingerprint density at radius 2 is 2.10 bits per heavy atom. The van der Waals surface area contributed by atoms with Crippen LogP contribution in [0.2, 0.25) is 0 Å². The Balaban J connectivity index is 2.96. The highest BCUT2D eigenvalue weighted by atomic mass is 14.6. The van der Waals surface area contributed by atoms with Gasteiger partial charge in [0.1, 0.15) is 0 Å². The van der Waals surface area contributed by atoms with E-state index in [0.717, 1.165) is 5.69 Å². The maximum atomic E-state index is 4.12. The van der Waals surface area contributed by atoms with Gasteiger partial charge < -0.3 is 0 Å². The molecule has 0 spiro atoms.